The highest BCUT2D eigenvalue weighted by atomic mass is 16.6. The molecule has 8 heteroatoms. The van der Waals surface area contributed by atoms with Crippen molar-refractivity contribution in [3.63, 3.8) is 0 Å². The summed E-state index contributed by atoms with van der Waals surface area (Å²) < 4.78 is 9.08. The van der Waals surface area contributed by atoms with Crippen LogP contribution >= 0.6 is 0 Å². The lowest BCUT2D eigenvalue weighted by Crippen LogP contribution is -2.50. The second-order valence-corrected chi connectivity index (χ2v) is 9.69. The summed E-state index contributed by atoms with van der Waals surface area (Å²) >= 11 is 0. The van der Waals surface area contributed by atoms with E-state index in [9.17, 15) is 9.59 Å². The van der Waals surface area contributed by atoms with Crippen molar-refractivity contribution in [2.75, 3.05) is 13.1 Å². The Labute approximate surface area is 186 Å². The predicted octanol–water partition coefficient (Wildman–Crippen LogP) is 3.45. The molecule has 2 aromatic heterocycles. The number of carbonyl (C=O) groups is 1. The van der Waals surface area contributed by atoms with Crippen molar-refractivity contribution in [1.82, 2.24) is 24.5 Å². The van der Waals surface area contributed by atoms with Gasteiger partial charge in [0.15, 0.2) is 0 Å². The minimum Gasteiger partial charge on any atom is -0.444 e. The number of benzene rings is 1. The quantitative estimate of drug-likeness (QED) is 0.618. The number of ether oxygens (including phenoxy) is 1. The Morgan fingerprint density at radius 2 is 1.88 bits per heavy atom. The average molecular weight is 434 g/mol. The Morgan fingerprint density at radius 1 is 1.09 bits per heavy atom. The number of carbonyl (C=O) groups excluding carboxylic acids is 1. The topological polar surface area (TPSA) is 82.2 Å². The molecule has 32 heavy (non-hydrogen) atoms. The predicted molar refractivity (Wildman–Crippen MR) is 120 cm³/mol. The number of rotatable bonds is 2. The fourth-order valence-electron chi connectivity index (χ4n) is 4.68. The highest BCUT2D eigenvalue weighted by Crippen LogP contribution is 2.36. The van der Waals surface area contributed by atoms with E-state index < -0.39 is 5.60 Å². The summed E-state index contributed by atoms with van der Waals surface area (Å²) in [5.41, 5.74) is 2.76. The number of pyridine rings is 1. The second kappa shape index (κ2) is 7.62. The lowest BCUT2D eigenvalue weighted by Gasteiger charge is -2.43. The van der Waals surface area contributed by atoms with Gasteiger partial charge in [-0.2, -0.15) is 0 Å². The standard InChI is InChI=1S/C24H27N5O3/c1-24(2,3)32-23(31)27-12-16-9-18(14-27)21-10-19(11-22(30)28(21)13-16)29-15-20(25-26-29)17-7-5-4-6-8-17/h4-8,10-11,15-16,18H,9,12-14H2,1-3H3/t16?,18-/m0/s1. The molecule has 0 N–H and O–H groups in total. The lowest BCUT2D eigenvalue weighted by molar-refractivity contribution is 0.0102. The summed E-state index contributed by atoms with van der Waals surface area (Å²) in [4.78, 5) is 27.4. The molecule has 1 saturated heterocycles. The Kier molecular flexibility index (Phi) is 4.87. The molecule has 166 valence electrons. The van der Waals surface area contributed by atoms with Crippen LogP contribution in [0.2, 0.25) is 0 Å². The van der Waals surface area contributed by atoms with Gasteiger partial charge in [-0.25, -0.2) is 9.48 Å². The summed E-state index contributed by atoms with van der Waals surface area (Å²) in [6.45, 7) is 7.39. The fraction of sp³-hybridized carbons (Fsp3) is 0.417. The van der Waals surface area contributed by atoms with Crippen molar-refractivity contribution in [2.24, 2.45) is 5.92 Å². The maximum atomic E-state index is 13.0. The van der Waals surface area contributed by atoms with E-state index in [0.29, 0.717) is 25.3 Å². The second-order valence-electron chi connectivity index (χ2n) is 9.69. The van der Waals surface area contributed by atoms with E-state index in [2.05, 4.69) is 10.3 Å². The van der Waals surface area contributed by atoms with Gasteiger partial charge in [0.25, 0.3) is 5.56 Å². The van der Waals surface area contributed by atoms with Crippen molar-refractivity contribution in [2.45, 2.75) is 45.3 Å². The Bertz CT molecular complexity index is 1210. The minimum absolute atomic E-state index is 0.0466. The number of hydrogen-bond acceptors (Lipinski definition) is 5. The number of aromatic nitrogens is 4. The van der Waals surface area contributed by atoms with Gasteiger partial charge >= 0.3 is 6.09 Å². The minimum atomic E-state index is -0.533. The summed E-state index contributed by atoms with van der Waals surface area (Å²) in [6, 6.07) is 13.4. The molecule has 0 spiro atoms. The molecule has 1 amide bonds. The molecule has 2 aliphatic rings. The van der Waals surface area contributed by atoms with Gasteiger partial charge in [-0.3, -0.25) is 4.79 Å². The van der Waals surface area contributed by atoms with E-state index in [1.54, 1.807) is 15.6 Å². The van der Waals surface area contributed by atoms with Gasteiger partial charge in [0.05, 0.1) is 11.9 Å². The smallest absolute Gasteiger partial charge is 0.410 e. The van der Waals surface area contributed by atoms with Gasteiger partial charge in [-0.05, 0) is 39.2 Å². The number of likely N-dealkylation sites (tertiary alicyclic amines) is 1. The van der Waals surface area contributed by atoms with Crippen LogP contribution in [0.1, 0.15) is 38.8 Å². The van der Waals surface area contributed by atoms with E-state index in [4.69, 9.17) is 4.74 Å². The normalized spacial score (nSPS) is 20.0. The van der Waals surface area contributed by atoms with Gasteiger partial charge in [-0.15, -0.1) is 5.10 Å². The van der Waals surface area contributed by atoms with Crippen LogP contribution in [0.15, 0.2) is 53.5 Å². The van der Waals surface area contributed by atoms with Crippen molar-refractivity contribution < 1.29 is 9.53 Å². The molecule has 1 unspecified atom stereocenters. The molecule has 1 fully saturated rings. The molecule has 0 aliphatic carbocycles. The number of nitrogens with zero attached hydrogens (tertiary/aromatic N) is 5. The number of piperidine rings is 1. The monoisotopic (exact) mass is 433 g/mol. The van der Waals surface area contributed by atoms with E-state index in [1.165, 1.54) is 0 Å². The Hall–Kier alpha value is -3.42. The van der Waals surface area contributed by atoms with Gasteiger partial charge in [0.2, 0.25) is 0 Å². The number of fused-ring (bicyclic) bond motifs is 4. The molecule has 5 rings (SSSR count). The van der Waals surface area contributed by atoms with Crippen LogP contribution in [0.3, 0.4) is 0 Å². The summed E-state index contributed by atoms with van der Waals surface area (Å²) in [5.74, 6) is 0.327. The van der Waals surface area contributed by atoms with Crippen LogP contribution in [0, 0.1) is 5.92 Å². The molecular formula is C24H27N5O3. The van der Waals surface area contributed by atoms with Crippen LogP contribution in [0.25, 0.3) is 16.9 Å². The van der Waals surface area contributed by atoms with E-state index in [1.807, 2.05) is 67.9 Å². The molecule has 0 saturated carbocycles. The first-order valence-corrected chi connectivity index (χ1v) is 11.0. The van der Waals surface area contributed by atoms with Crippen LogP contribution in [-0.4, -0.2) is 49.2 Å². The molecule has 4 heterocycles. The van der Waals surface area contributed by atoms with Gasteiger partial charge in [0.1, 0.15) is 11.3 Å². The summed E-state index contributed by atoms with van der Waals surface area (Å²) in [7, 11) is 0. The molecule has 8 nitrogen and oxygen atoms in total. The van der Waals surface area contributed by atoms with Crippen molar-refractivity contribution in [1.29, 1.82) is 0 Å². The fourth-order valence-corrected chi connectivity index (χ4v) is 4.68. The van der Waals surface area contributed by atoms with Crippen LogP contribution in [0.5, 0.6) is 0 Å². The maximum absolute atomic E-state index is 13.0. The zero-order valence-corrected chi connectivity index (χ0v) is 18.6. The first-order valence-electron chi connectivity index (χ1n) is 11.0. The van der Waals surface area contributed by atoms with Gasteiger partial charge < -0.3 is 14.2 Å². The zero-order chi connectivity index (χ0) is 22.5. The molecular weight excluding hydrogens is 406 g/mol. The summed E-state index contributed by atoms with van der Waals surface area (Å²) in [6.07, 6.45) is 2.50. The third-order valence-corrected chi connectivity index (χ3v) is 6.02. The first-order chi connectivity index (χ1) is 15.3. The number of amides is 1. The molecule has 3 aromatic rings. The van der Waals surface area contributed by atoms with Crippen molar-refractivity contribution in [3.8, 4) is 16.9 Å². The van der Waals surface area contributed by atoms with Crippen molar-refractivity contribution in [3.05, 3.63) is 64.7 Å². The molecule has 0 radical (unpaired) electrons. The number of hydrogen-bond donors (Lipinski definition) is 0. The zero-order valence-electron chi connectivity index (χ0n) is 18.6. The Morgan fingerprint density at radius 3 is 2.62 bits per heavy atom. The van der Waals surface area contributed by atoms with Crippen LogP contribution in [-0.2, 0) is 11.3 Å². The van der Waals surface area contributed by atoms with E-state index >= 15 is 0 Å². The van der Waals surface area contributed by atoms with Crippen LogP contribution < -0.4 is 5.56 Å². The lowest BCUT2D eigenvalue weighted by atomic mass is 9.83. The highest BCUT2D eigenvalue weighted by Gasteiger charge is 2.38. The molecule has 2 aliphatic heterocycles. The molecule has 1 aromatic carbocycles. The van der Waals surface area contributed by atoms with Gasteiger partial charge in [0, 0.05) is 42.9 Å². The Balaban J connectivity index is 1.45. The SMILES string of the molecule is CC(C)(C)OC(=O)N1CC2C[C@@H](C1)c1cc(-n3cc(-c4ccccc4)nn3)cc(=O)n1C2. The third kappa shape index (κ3) is 3.92. The average Bonchev–Trinajstić information content (AvgIpc) is 3.24. The maximum Gasteiger partial charge on any atom is 0.410 e. The molecule has 2 atom stereocenters. The van der Waals surface area contributed by atoms with E-state index in [-0.39, 0.29) is 23.5 Å². The summed E-state index contributed by atoms with van der Waals surface area (Å²) in [5, 5.41) is 8.52. The highest BCUT2D eigenvalue weighted by molar-refractivity contribution is 5.68. The first kappa shape index (κ1) is 20.5. The van der Waals surface area contributed by atoms with Gasteiger partial charge in [-0.1, -0.05) is 35.5 Å². The van der Waals surface area contributed by atoms with E-state index in [0.717, 1.165) is 23.4 Å². The largest absolute Gasteiger partial charge is 0.444 e. The third-order valence-electron chi connectivity index (χ3n) is 6.02. The molecule has 2 bridgehead atoms. The van der Waals surface area contributed by atoms with Crippen molar-refractivity contribution >= 4 is 6.09 Å². The van der Waals surface area contributed by atoms with Crippen LogP contribution in [0.4, 0.5) is 4.79 Å².